The van der Waals surface area contributed by atoms with E-state index < -0.39 is 5.91 Å². The van der Waals surface area contributed by atoms with E-state index >= 15 is 0 Å². The molecule has 5 heteroatoms. The fourth-order valence-electron chi connectivity index (χ4n) is 1.92. The number of nitrogens with two attached hydrogens (primary N) is 1. The minimum Gasteiger partial charge on any atom is -0.491 e. The van der Waals surface area contributed by atoms with Crippen LogP contribution in [0.3, 0.4) is 0 Å². The summed E-state index contributed by atoms with van der Waals surface area (Å²) in [4.78, 5) is 23.2. The van der Waals surface area contributed by atoms with Crippen molar-refractivity contribution in [3.63, 3.8) is 0 Å². The second kappa shape index (κ2) is 7.45. The van der Waals surface area contributed by atoms with E-state index in [1.165, 1.54) is 0 Å². The molecule has 120 valence electrons. The number of carbonyl (C=O) groups is 2. The van der Waals surface area contributed by atoms with Gasteiger partial charge in [-0.2, -0.15) is 0 Å². The van der Waals surface area contributed by atoms with Crippen LogP contribution in [0.15, 0.2) is 48.5 Å². The first-order valence-electron chi connectivity index (χ1n) is 7.47. The molecular formula is C18H20N2O3. The van der Waals surface area contributed by atoms with E-state index in [0.717, 1.165) is 12.2 Å². The Kier molecular flexibility index (Phi) is 5.36. The van der Waals surface area contributed by atoms with Gasteiger partial charge in [-0.3, -0.25) is 9.59 Å². The van der Waals surface area contributed by atoms with Gasteiger partial charge in [0, 0.05) is 16.8 Å². The first-order valence-corrected chi connectivity index (χ1v) is 7.47. The molecule has 1 unspecified atom stereocenters. The molecule has 1 atom stereocenters. The molecule has 2 aromatic rings. The Morgan fingerprint density at radius 3 is 2.13 bits per heavy atom. The molecule has 0 bridgehead atoms. The van der Waals surface area contributed by atoms with Crippen molar-refractivity contribution < 1.29 is 14.3 Å². The van der Waals surface area contributed by atoms with E-state index in [1.807, 2.05) is 6.92 Å². The highest BCUT2D eigenvalue weighted by Gasteiger charge is 2.08. The van der Waals surface area contributed by atoms with Gasteiger partial charge in [0.2, 0.25) is 5.91 Å². The molecular weight excluding hydrogens is 292 g/mol. The quantitative estimate of drug-likeness (QED) is 0.859. The summed E-state index contributed by atoms with van der Waals surface area (Å²) in [7, 11) is 0. The summed E-state index contributed by atoms with van der Waals surface area (Å²) in [6.45, 7) is 4.05. The van der Waals surface area contributed by atoms with Crippen molar-refractivity contribution in [3.05, 3.63) is 59.7 Å². The van der Waals surface area contributed by atoms with Crippen molar-refractivity contribution in [3.8, 4) is 5.75 Å². The number of ether oxygens (including phenoxy) is 1. The Balaban J connectivity index is 2.01. The fraction of sp³-hybridized carbons (Fsp3) is 0.222. The molecule has 0 fully saturated rings. The van der Waals surface area contributed by atoms with Crippen LogP contribution in [0.1, 0.15) is 41.0 Å². The molecule has 0 radical (unpaired) electrons. The van der Waals surface area contributed by atoms with Crippen molar-refractivity contribution in [2.75, 3.05) is 5.32 Å². The summed E-state index contributed by atoms with van der Waals surface area (Å²) < 4.78 is 5.68. The normalized spacial score (nSPS) is 11.6. The first-order chi connectivity index (χ1) is 11.0. The monoisotopic (exact) mass is 312 g/mol. The van der Waals surface area contributed by atoms with Crippen molar-refractivity contribution in [2.24, 2.45) is 5.73 Å². The van der Waals surface area contributed by atoms with E-state index in [0.29, 0.717) is 16.8 Å². The molecule has 2 amide bonds. The average Bonchev–Trinajstić information content (AvgIpc) is 2.55. The lowest BCUT2D eigenvalue weighted by atomic mass is 10.1. The minimum atomic E-state index is -0.500. The maximum atomic E-state index is 12.2. The maximum absolute atomic E-state index is 12.2. The maximum Gasteiger partial charge on any atom is 0.255 e. The van der Waals surface area contributed by atoms with E-state index in [1.54, 1.807) is 48.5 Å². The lowest BCUT2D eigenvalue weighted by Gasteiger charge is -2.12. The molecule has 0 saturated carbocycles. The van der Waals surface area contributed by atoms with E-state index in [9.17, 15) is 9.59 Å². The van der Waals surface area contributed by atoms with Crippen LogP contribution >= 0.6 is 0 Å². The van der Waals surface area contributed by atoms with Crippen molar-refractivity contribution in [1.82, 2.24) is 0 Å². The molecule has 0 aliphatic heterocycles. The Morgan fingerprint density at radius 2 is 1.61 bits per heavy atom. The van der Waals surface area contributed by atoms with Crippen LogP contribution in [0.4, 0.5) is 5.69 Å². The molecule has 0 heterocycles. The number of hydrogen-bond acceptors (Lipinski definition) is 3. The van der Waals surface area contributed by atoms with Gasteiger partial charge in [-0.15, -0.1) is 0 Å². The van der Waals surface area contributed by atoms with Gasteiger partial charge < -0.3 is 15.8 Å². The molecule has 0 aliphatic rings. The number of amides is 2. The summed E-state index contributed by atoms with van der Waals surface area (Å²) in [5.74, 6) is 0.00778. The van der Waals surface area contributed by atoms with E-state index in [-0.39, 0.29) is 12.0 Å². The van der Waals surface area contributed by atoms with Gasteiger partial charge >= 0.3 is 0 Å². The van der Waals surface area contributed by atoms with Gasteiger partial charge in [0.1, 0.15) is 5.75 Å². The summed E-state index contributed by atoms with van der Waals surface area (Å²) in [6.07, 6.45) is 1.06. The van der Waals surface area contributed by atoms with Crippen LogP contribution in [0.25, 0.3) is 0 Å². The van der Waals surface area contributed by atoms with Gasteiger partial charge in [-0.25, -0.2) is 0 Å². The number of nitrogens with one attached hydrogen (secondary N) is 1. The Morgan fingerprint density at radius 1 is 1.04 bits per heavy atom. The molecule has 2 rings (SSSR count). The predicted molar refractivity (Wildman–Crippen MR) is 89.7 cm³/mol. The van der Waals surface area contributed by atoms with Crippen LogP contribution in [-0.4, -0.2) is 17.9 Å². The third kappa shape index (κ3) is 4.57. The topological polar surface area (TPSA) is 81.4 Å². The van der Waals surface area contributed by atoms with Crippen molar-refractivity contribution in [1.29, 1.82) is 0 Å². The molecule has 0 spiro atoms. The highest BCUT2D eigenvalue weighted by molar-refractivity contribution is 6.04. The highest BCUT2D eigenvalue weighted by atomic mass is 16.5. The number of primary amides is 1. The van der Waals surface area contributed by atoms with Crippen LogP contribution < -0.4 is 15.8 Å². The highest BCUT2D eigenvalue weighted by Crippen LogP contribution is 2.16. The van der Waals surface area contributed by atoms with E-state index in [2.05, 4.69) is 12.2 Å². The molecule has 2 aromatic carbocycles. The number of anilines is 1. The van der Waals surface area contributed by atoms with Crippen molar-refractivity contribution in [2.45, 2.75) is 26.4 Å². The van der Waals surface area contributed by atoms with Crippen molar-refractivity contribution >= 4 is 17.5 Å². The largest absolute Gasteiger partial charge is 0.491 e. The molecule has 0 aromatic heterocycles. The van der Waals surface area contributed by atoms with Crippen LogP contribution in [0.2, 0.25) is 0 Å². The van der Waals surface area contributed by atoms with Gasteiger partial charge in [0.15, 0.2) is 0 Å². The predicted octanol–water partition coefficient (Wildman–Crippen LogP) is 3.22. The summed E-state index contributed by atoms with van der Waals surface area (Å²) >= 11 is 0. The molecule has 0 aliphatic carbocycles. The fourth-order valence-corrected chi connectivity index (χ4v) is 1.92. The zero-order chi connectivity index (χ0) is 16.8. The molecule has 0 saturated heterocycles. The average molecular weight is 312 g/mol. The Labute approximate surface area is 135 Å². The summed E-state index contributed by atoms with van der Waals surface area (Å²) in [6, 6.07) is 13.4. The zero-order valence-electron chi connectivity index (χ0n) is 13.2. The van der Waals surface area contributed by atoms with Gasteiger partial charge in [-0.1, -0.05) is 6.92 Å². The second-order valence-electron chi connectivity index (χ2n) is 5.26. The standard InChI is InChI=1S/C18H20N2O3/c1-3-12(2)23-16-10-6-14(7-11-16)18(22)20-15-8-4-13(5-9-15)17(19)21/h4-12H,3H2,1-2H3,(H2,19,21)(H,20,22). The smallest absolute Gasteiger partial charge is 0.255 e. The number of benzene rings is 2. The first kappa shape index (κ1) is 16.5. The van der Waals surface area contributed by atoms with Crippen LogP contribution in [0, 0.1) is 0 Å². The molecule has 23 heavy (non-hydrogen) atoms. The van der Waals surface area contributed by atoms with Gasteiger partial charge in [0.05, 0.1) is 6.10 Å². The number of hydrogen-bond donors (Lipinski definition) is 2. The van der Waals surface area contributed by atoms with Gasteiger partial charge in [-0.05, 0) is 61.9 Å². The van der Waals surface area contributed by atoms with E-state index in [4.69, 9.17) is 10.5 Å². The Hall–Kier alpha value is -2.82. The summed E-state index contributed by atoms with van der Waals surface area (Å²) in [5.41, 5.74) is 6.70. The lowest BCUT2D eigenvalue weighted by molar-refractivity contribution is 0.0998. The Bertz CT molecular complexity index is 678. The van der Waals surface area contributed by atoms with Crippen LogP contribution in [-0.2, 0) is 0 Å². The number of rotatable bonds is 6. The third-order valence-electron chi connectivity index (χ3n) is 3.46. The second-order valence-corrected chi connectivity index (χ2v) is 5.26. The molecule has 5 nitrogen and oxygen atoms in total. The molecule has 3 N–H and O–H groups in total. The number of carbonyl (C=O) groups excluding carboxylic acids is 2. The van der Waals surface area contributed by atoms with Crippen LogP contribution in [0.5, 0.6) is 5.75 Å². The minimum absolute atomic E-state index is 0.137. The van der Waals surface area contributed by atoms with Gasteiger partial charge in [0.25, 0.3) is 5.91 Å². The third-order valence-corrected chi connectivity index (χ3v) is 3.46. The lowest BCUT2D eigenvalue weighted by Crippen LogP contribution is -2.13. The summed E-state index contributed by atoms with van der Waals surface area (Å²) in [5, 5.41) is 2.76. The zero-order valence-corrected chi connectivity index (χ0v) is 13.2. The SMILES string of the molecule is CCC(C)Oc1ccc(C(=O)Nc2ccc(C(N)=O)cc2)cc1.